The predicted octanol–water partition coefficient (Wildman–Crippen LogP) is 3.95. The monoisotopic (exact) mass is 384 g/mol. The quantitative estimate of drug-likeness (QED) is 0.665. The molecule has 0 unspecified atom stereocenters. The molecule has 3 aromatic carbocycles. The molecule has 2 N–H and O–H groups in total. The van der Waals surface area contributed by atoms with Crippen LogP contribution in [0.5, 0.6) is 28.7 Å². The molecule has 0 saturated carbocycles. The Morgan fingerprint density at radius 1 is 0.750 bits per heavy atom. The molecule has 28 heavy (non-hydrogen) atoms. The second-order valence-electron chi connectivity index (χ2n) is 5.95. The lowest BCUT2D eigenvalue weighted by molar-refractivity contribution is 0.0697. The standard InChI is InChI=1S/C21H20O7/c1-25-16-6-5-11(7-17(16)26-2)20-13-10-19(28-4)18(27-3)9-12(13)15(22)8-14(20)21(23)24/h5-10,22H,1-4H3,(H,23,24). The molecule has 3 aromatic rings. The van der Waals surface area contributed by atoms with Crippen LogP contribution in [0.25, 0.3) is 21.9 Å². The van der Waals surface area contributed by atoms with Crippen molar-refractivity contribution in [2.75, 3.05) is 28.4 Å². The summed E-state index contributed by atoms with van der Waals surface area (Å²) in [6.45, 7) is 0. The molecule has 3 rings (SSSR count). The lowest BCUT2D eigenvalue weighted by Crippen LogP contribution is -2.02. The summed E-state index contributed by atoms with van der Waals surface area (Å²) in [7, 11) is 6.00. The molecule has 0 fully saturated rings. The summed E-state index contributed by atoms with van der Waals surface area (Å²) in [5.74, 6) is 0.475. The van der Waals surface area contributed by atoms with Gasteiger partial charge < -0.3 is 29.2 Å². The van der Waals surface area contributed by atoms with E-state index in [1.807, 2.05) is 0 Å². The zero-order valence-electron chi connectivity index (χ0n) is 15.9. The van der Waals surface area contributed by atoms with Crippen molar-refractivity contribution in [1.82, 2.24) is 0 Å². The molecule has 0 amide bonds. The van der Waals surface area contributed by atoms with Gasteiger partial charge in [0, 0.05) is 10.9 Å². The van der Waals surface area contributed by atoms with Crippen LogP contribution < -0.4 is 18.9 Å². The Kier molecular flexibility index (Phi) is 5.17. The number of ether oxygens (including phenoxy) is 4. The van der Waals surface area contributed by atoms with Gasteiger partial charge in [0.15, 0.2) is 23.0 Å². The molecule has 7 nitrogen and oxygen atoms in total. The highest BCUT2D eigenvalue weighted by Gasteiger charge is 2.21. The maximum Gasteiger partial charge on any atom is 0.336 e. The highest BCUT2D eigenvalue weighted by atomic mass is 16.5. The van der Waals surface area contributed by atoms with E-state index >= 15 is 0 Å². The van der Waals surface area contributed by atoms with E-state index in [4.69, 9.17) is 18.9 Å². The van der Waals surface area contributed by atoms with E-state index in [0.29, 0.717) is 44.9 Å². The number of hydrogen-bond donors (Lipinski definition) is 2. The van der Waals surface area contributed by atoms with E-state index in [1.165, 1.54) is 34.5 Å². The maximum absolute atomic E-state index is 11.9. The first-order valence-electron chi connectivity index (χ1n) is 8.32. The van der Waals surface area contributed by atoms with Gasteiger partial charge in [-0.3, -0.25) is 0 Å². The van der Waals surface area contributed by atoms with E-state index in [2.05, 4.69) is 0 Å². The lowest BCUT2D eigenvalue weighted by atomic mass is 9.92. The fraction of sp³-hybridized carbons (Fsp3) is 0.190. The first kappa shape index (κ1) is 19.2. The van der Waals surface area contributed by atoms with E-state index in [9.17, 15) is 15.0 Å². The Morgan fingerprint density at radius 2 is 1.29 bits per heavy atom. The van der Waals surface area contributed by atoms with E-state index < -0.39 is 5.97 Å². The van der Waals surface area contributed by atoms with Crippen LogP contribution in [0.3, 0.4) is 0 Å². The SMILES string of the molecule is COc1ccc(-c2c(C(=O)O)cc(O)c3cc(OC)c(OC)cc23)cc1OC. The number of methoxy groups -OCH3 is 4. The Morgan fingerprint density at radius 3 is 1.82 bits per heavy atom. The Bertz CT molecular complexity index is 1060. The number of rotatable bonds is 6. The molecule has 0 aromatic heterocycles. The van der Waals surface area contributed by atoms with E-state index in [1.54, 1.807) is 30.3 Å². The molecule has 146 valence electrons. The topological polar surface area (TPSA) is 94.5 Å². The van der Waals surface area contributed by atoms with Gasteiger partial charge in [-0.15, -0.1) is 0 Å². The number of phenols is 1. The maximum atomic E-state index is 11.9. The number of carboxylic acid groups (broad SMARTS) is 1. The average molecular weight is 384 g/mol. The number of hydrogen-bond acceptors (Lipinski definition) is 6. The van der Waals surface area contributed by atoms with Crippen LogP contribution in [-0.4, -0.2) is 44.6 Å². The highest BCUT2D eigenvalue weighted by Crippen LogP contribution is 2.44. The summed E-state index contributed by atoms with van der Waals surface area (Å²) >= 11 is 0. The first-order valence-corrected chi connectivity index (χ1v) is 8.32. The van der Waals surface area contributed by atoms with Gasteiger partial charge >= 0.3 is 5.97 Å². The number of phenolic OH excluding ortho intramolecular Hbond substituents is 1. The fourth-order valence-electron chi connectivity index (χ4n) is 3.20. The number of aromatic carboxylic acids is 1. The smallest absolute Gasteiger partial charge is 0.336 e. The van der Waals surface area contributed by atoms with Crippen molar-refractivity contribution in [2.45, 2.75) is 0 Å². The summed E-state index contributed by atoms with van der Waals surface area (Å²) in [6, 6.07) is 9.59. The third kappa shape index (κ3) is 3.11. The Balaban J connectivity index is 2.44. The minimum Gasteiger partial charge on any atom is -0.507 e. The second kappa shape index (κ2) is 7.56. The molecule has 0 aliphatic carbocycles. The largest absolute Gasteiger partial charge is 0.507 e. The van der Waals surface area contributed by atoms with Crippen LogP contribution in [0.4, 0.5) is 0 Å². The van der Waals surface area contributed by atoms with Crippen LogP contribution in [-0.2, 0) is 0 Å². The molecular weight excluding hydrogens is 364 g/mol. The number of benzene rings is 3. The third-order valence-corrected chi connectivity index (χ3v) is 4.52. The Hall–Kier alpha value is -3.61. The molecule has 0 heterocycles. The van der Waals surface area contributed by atoms with Gasteiger partial charge in [-0.05, 0) is 41.3 Å². The fourth-order valence-corrected chi connectivity index (χ4v) is 3.20. The lowest BCUT2D eigenvalue weighted by Gasteiger charge is -2.17. The van der Waals surface area contributed by atoms with Crippen molar-refractivity contribution in [1.29, 1.82) is 0 Å². The molecule has 0 bridgehead atoms. The molecule has 0 atom stereocenters. The molecule has 0 saturated heterocycles. The van der Waals surface area contributed by atoms with Crippen molar-refractivity contribution in [3.63, 3.8) is 0 Å². The summed E-state index contributed by atoms with van der Waals surface area (Å²) in [5.41, 5.74) is 0.957. The minimum atomic E-state index is -1.17. The highest BCUT2D eigenvalue weighted by molar-refractivity contribution is 6.10. The van der Waals surface area contributed by atoms with Crippen molar-refractivity contribution in [3.8, 4) is 39.9 Å². The van der Waals surface area contributed by atoms with E-state index in [-0.39, 0.29) is 11.3 Å². The van der Waals surface area contributed by atoms with Gasteiger partial charge in [0.1, 0.15) is 5.75 Å². The molecule has 0 aliphatic heterocycles. The van der Waals surface area contributed by atoms with Gasteiger partial charge in [0.05, 0.1) is 34.0 Å². The summed E-state index contributed by atoms with van der Waals surface area (Å²) in [5, 5.41) is 21.1. The zero-order valence-corrected chi connectivity index (χ0v) is 15.9. The average Bonchev–Trinajstić information content (AvgIpc) is 2.71. The van der Waals surface area contributed by atoms with Gasteiger partial charge in [-0.25, -0.2) is 4.79 Å². The summed E-state index contributed by atoms with van der Waals surface area (Å²) in [4.78, 5) is 11.9. The zero-order chi connectivity index (χ0) is 20.4. The second-order valence-corrected chi connectivity index (χ2v) is 5.95. The number of fused-ring (bicyclic) bond motifs is 1. The van der Waals surface area contributed by atoms with Crippen molar-refractivity contribution < 1.29 is 34.0 Å². The van der Waals surface area contributed by atoms with Gasteiger partial charge in [0.2, 0.25) is 0 Å². The summed E-state index contributed by atoms with van der Waals surface area (Å²) < 4.78 is 21.3. The third-order valence-electron chi connectivity index (χ3n) is 4.52. The minimum absolute atomic E-state index is 0.0514. The van der Waals surface area contributed by atoms with Crippen LogP contribution >= 0.6 is 0 Å². The van der Waals surface area contributed by atoms with Crippen molar-refractivity contribution in [2.24, 2.45) is 0 Å². The van der Waals surface area contributed by atoms with Gasteiger partial charge in [-0.1, -0.05) is 6.07 Å². The van der Waals surface area contributed by atoms with Crippen LogP contribution in [0.15, 0.2) is 36.4 Å². The Labute approximate surface area is 161 Å². The molecule has 0 radical (unpaired) electrons. The number of carbonyl (C=O) groups is 1. The predicted molar refractivity (Wildman–Crippen MR) is 104 cm³/mol. The molecular formula is C21H20O7. The van der Waals surface area contributed by atoms with Crippen LogP contribution in [0.2, 0.25) is 0 Å². The number of carboxylic acids is 1. The first-order chi connectivity index (χ1) is 13.4. The van der Waals surface area contributed by atoms with Crippen LogP contribution in [0.1, 0.15) is 10.4 Å². The van der Waals surface area contributed by atoms with Gasteiger partial charge in [-0.2, -0.15) is 0 Å². The van der Waals surface area contributed by atoms with Crippen LogP contribution in [0, 0.1) is 0 Å². The molecule has 7 heteroatoms. The number of aromatic hydroxyl groups is 1. The van der Waals surface area contributed by atoms with Gasteiger partial charge in [0.25, 0.3) is 0 Å². The van der Waals surface area contributed by atoms with E-state index in [0.717, 1.165) is 0 Å². The van der Waals surface area contributed by atoms with Crippen molar-refractivity contribution in [3.05, 3.63) is 42.0 Å². The molecule has 0 spiro atoms. The summed E-state index contributed by atoms with van der Waals surface area (Å²) in [6.07, 6.45) is 0. The van der Waals surface area contributed by atoms with Crippen molar-refractivity contribution >= 4 is 16.7 Å². The normalized spacial score (nSPS) is 10.6. The molecule has 0 aliphatic rings.